The van der Waals surface area contributed by atoms with Crippen LogP contribution in [0.15, 0.2) is 0 Å². The van der Waals surface area contributed by atoms with Gasteiger partial charge in [0.2, 0.25) is 0 Å². The molecule has 0 radical (unpaired) electrons. The van der Waals surface area contributed by atoms with Crippen LogP contribution in [0.5, 0.6) is 0 Å². The summed E-state index contributed by atoms with van der Waals surface area (Å²) in [7, 11) is 8.48. The number of aliphatic hydroxyl groups is 2. The van der Waals surface area contributed by atoms with E-state index in [0.717, 1.165) is 25.9 Å². The van der Waals surface area contributed by atoms with Crippen LogP contribution in [0, 0.1) is 0 Å². The number of likely N-dealkylation sites (N-methyl/N-ethyl adjacent to an activating group) is 2. The van der Waals surface area contributed by atoms with Gasteiger partial charge >= 0.3 is 11.9 Å². The van der Waals surface area contributed by atoms with Gasteiger partial charge in [-0.1, -0.05) is 117 Å². The van der Waals surface area contributed by atoms with Gasteiger partial charge in [0.15, 0.2) is 0 Å². The maximum atomic E-state index is 12.2. The zero-order valence-corrected chi connectivity index (χ0v) is 35.1. The summed E-state index contributed by atoms with van der Waals surface area (Å²) in [6.45, 7) is 7.64. The second-order valence-electron chi connectivity index (χ2n) is 15.9. The van der Waals surface area contributed by atoms with Crippen LogP contribution < -0.4 is 24.8 Å². The van der Waals surface area contributed by atoms with Crippen LogP contribution in [0.1, 0.15) is 168 Å². The highest BCUT2D eigenvalue weighted by molar-refractivity contribution is 5.70. The van der Waals surface area contributed by atoms with Gasteiger partial charge < -0.3 is 53.5 Å². The molecule has 302 valence electrons. The van der Waals surface area contributed by atoms with Crippen LogP contribution >= 0.6 is 0 Å². The number of carbonyl (C=O) groups excluding carboxylic acids is 2. The number of hydrogen-bond donors (Lipinski definition) is 2. The lowest BCUT2D eigenvalue weighted by Crippen LogP contribution is -3.00. The molecule has 0 amide bonds. The molecule has 2 unspecified atom stereocenters. The number of quaternary nitrogens is 2. The summed E-state index contributed by atoms with van der Waals surface area (Å²) in [4.78, 5) is 24.3. The Morgan fingerprint density at radius 3 is 1.00 bits per heavy atom. The van der Waals surface area contributed by atoms with E-state index in [9.17, 15) is 19.8 Å². The molecular weight excluding hydrogens is 675 g/mol. The van der Waals surface area contributed by atoms with E-state index in [0.29, 0.717) is 34.9 Å². The molecule has 2 atom stereocenters. The highest BCUT2D eigenvalue weighted by Crippen LogP contribution is 2.14. The Kier molecular flexibility index (Phi) is 38.0. The molecule has 0 heterocycles. The van der Waals surface area contributed by atoms with E-state index in [-0.39, 0.29) is 62.8 Å². The molecule has 0 aliphatic heterocycles. The lowest BCUT2D eigenvalue weighted by Gasteiger charge is -2.31. The third-order valence-electron chi connectivity index (χ3n) is 9.53. The number of hydrogen-bond acceptors (Lipinski definition) is 6. The second-order valence-corrected chi connectivity index (χ2v) is 15.9. The maximum Gasteiger partial charge on any atom is 0.305 e. The summed E-state index contributed by atoms with van der Waals surface area (Å²) in [5.74, 6) is -0.694. The molecule has 0 aromatic carbocycles. The first-order chi connectivity index (χ1) is 22.9. The molecule has 0 aliphatic carbocycles. The molecule has 0 rings (SSSR count). The molecule has 10 heteroatoms. The first kappa shape index (κ1) is 53.7. The van der Waals surface area contributed by atoms with E-state index in [1.54, 1.807) is 0 Å². The van der Waals surface area contributed by atoms with Crippen LogP contribution in [-0.2, 0) is 19.1 Å². The van der Waals surface area contributed by atoms with Gasteiger partial charge in [-0.15, -0.1) is 0 Å². The Hall–Kier alpha value is -0.640. The van der Waals surface area contributed by atoms with Crippen molar-refractivity contribution in [2.24, 2.45) is 0 Å². The minimum atomic E-state index is -0.688. The number of ether oxygens (including phenoxy) is 2. The Labute approximate surface area is 321 Å². The minimum Gasteiger partial charge on any atom is -1.00 e. The molecule has 0 aliphatic rings. The Morgan fingerprint density at radius 2 is 0.720 bits per heavy atom. The first-order valence-corrected chi connectivity index (χ1v) is 20.2. The number of unbranched alkanes of at least 4 members (excludes halogenated alkanes) is 19. The molecule has 50 heavy (non-hydrogen) atoms. The molecule has 0 spiro atoms. The van der Waals surface area contributed by atoms with Crippen molar-refractivity contribution in [1.29, 1.82) is 0 Å². The largest absolute Gasteiger partial charge is 1.00 e. The van der Waals surface area contributed by atoms with Crippen molar-refractivity contribution in [1.82, 2.24) is 0 Å². The normalized spacial score (nSPS) is 12.9. The Morgan fingerprint density at radius 1 is 0.460 bits per heavy atom. The van der Waals surface area contributed by atoms with Crippen molar-refractivity contribution in [2.75, 3.05) is 67.6 Å². The smallest absolute Gasteiger partial charge is 0.305 e. The fourth-order valence-electron chi connectivity index (χ4n) is 6.54. The van der Waals surface area contributed by atoms with E-state index >= 15 is 0 Å². The molecule has 0 aromatic heterocycles. The summed E-state index contributed by atoms with van der Waals surface area (Å²) in [5.41, 5.74) is 0. The number of halogens is 2. The van der Waals surface area contributed by atoms with Gasteiger partial charge in [-0.3, -0.25) is 9.59 Å². The Balaban J connectivity index is -0.0000110. The standard InChI is InChI=1S/C40H82N2O6.2ClH/c1-7-9-11-13-15-17-19-21-23-27-31-41(3,4)33-37(43)35-47-39(45)29-25-26-30-40(46)48-36-38(44)34-42(5,6)32-28-24-22-20-18-16-14-12-10-8-2;;/h37-38,43-44H,7-36H2,1-6H3;2*1H/q+2;;/p-2. The fraction of sp³-hybridized carbons (Fsp3) is 0.950. The molecule has 2 N–H and O–H groups in total. The number of nitrogens with zero attached hydrogens (tertiary/aromatic N) is 2. The van der Waals surface area contributed by atoms with Crippen LogP contribution in [0.2, 0.25) is 0 Å². The number of esters is 2. The lowest BCUT2D eigenvalue weighted by molar-refractivity contribution is -0.893. The topological polar surface area (TPSA) is 93.1 Å². The zero-order valence-electron chi connectivity index (χ0n) is 33.5. The predicted octanol–water partition coefficient (Wildman–Crippen LogP) is 2.36. The van der Waals surface area contributed by atoms with Crippen molar-refractivity contribution < 1.29 is 63.1 Å². The average Bonchev–Trinajstić information content (AvgIpc) is 3.02. The number of carbonyl (C=O) groups is 2. The van der Waals surface area contributed by atoms with Crippen molar-refractivity contribution in [3.8, 4) is 0 Å². The van der Waals surface area contributed by atoms with Crippen molar-refractivity contribution in [3.05, 3.63) is 0 Å². The van der Waals surface area contributed by atoms with Gasteiger partial charge in [0.1, 0.15) is 38.5 Å². The summed E-state index contributed by atoms with van der Waals surface area (Å²) in [6, 6.07) is 0. The molecule has 0 saturated carbocycles. The van der Waals surface area contributed by atoms with Crippen molar-refractivity contribution in [2.45, 2.75) is 180 Å². The molecule has 0 saturated heterocycles. The van der Waals surface area contributed by atoms with E-state index < -0.39 is 12.2 Å². The number of rotatable bonds is 35. The van der Waals surface area contributed by atoms with E-state index in [4.69, 9.17) is 9.47 Å². The third kappa shape index (κ3) is 37.1. The average molecular weight is 758 g/mol. The van der Waals surface area contributed by atoms with Crippen molar-refractivity contribution in [3.63, 3.8) is 0 Å². The van der Waals surface area contributed by atoms with Gasteiger partial charge in [-0.2, -0.15) is 0 Å². The highest BCUT2D eigenvalue weighted by atomic mass is 35.5. The van der Waals surface area contributed by atoms with Crippen LogP contribution in [0.3, 0.4) is 0 Å². The zero-order chi connectivity index (χ0) is 35.9. The molecule has 8 nitrogen and oxygen atoms in total. The minimum absolute atomic E-state index is 0. The lowest BCUT2D eigenvalue weighted by atomic mass is 10.1. The second kappa shape index (κ2) is 35.4. The molecule has 0 fully saturated rings. The van der Waals surface area contributed by atoms with Crippen LogP contribution in [0.4, 0.5) is 0 Å². The van der Waals surface area contributed by atoms with E-state index in [1.165, 1.54) is 116 Å². The monoisotopic (exact) mass is 757 g/mol. The van der Waals surface area contributed by atoms with Crippen LogP contribution in [-0.4, -0.2) is 111 Å². The summed E-state index contributed by atoms with van der Waals surface area (Å²) < 4.78 is 12.0. The summed E-state index contributed by atoms with van der Waals surface area (Å²) in [6.07, 6.45) is 26.3. The maximum absolute atomic E-state index is 12.2. The van der Waals surface area contributed by atoms with Crippen molar-refractivity contribution >= 4 is 11.9 Å². The summed E-state index contributed by atoms with van der Waals surface area (Å²) >= 11 is 0. The van der Waals surface area contributed by atoms with Gasteiger partial charge in [0.25, 0.3) is 0 Å². The van der Waals surface area contributed by atoms with E-state index in [1.807, 2.05) is 0 Å². The Bertz CT molecular complexity index is 710. The van der Waals surface area contributed by atoms with Gasteiger partial charge in [0.05, 0.1) is 41.3 Å². The van der Waals surface area contributed by atoms with Gasteiger partial charge in [0, 0.05) is 12.8 Å². The SMILES string of the molecule is CCCCCCCCCCCC[N+](C)(C)CC(O)COC(=O)CCCCC(=O)OCC(O)C[N+](C)(C)CCCCCCCCCCCC.[Cl-].[Cl-]. The van der Waals surface area contributed by atoms with Crippen LogP contribution in [0.25, 0.3) is 0 Å². The molecular formula is C40H82Cl2N2O6. The number of aliphatic hydroxyl groups excluding tert-OH is 2. The third-order valence-corrected chi connectivity index (χ3v) is 9.53. The first-order valence-electron chi connectivity index (χ1n) is 20.2. The fourth-order valence-corrected chi connectivity index (χ4v) is 6.54. The van der Waals surface area contributed by atoms with E-state index in [2.05, 4.69) is 42.0 Å². The van der Waals surface area contributed by atoms with Gasteiger partial charge in [-0.25, -0.2) is 0 Å². The molecule has 0 bridgehead atoms. The predicted molar refractivity (Wildman–Crippen MR) is 200 cm³/mol. The quantitative estimate of drug-likeness (QED) is 0.0587. The summed E-state index contributed by atoms with van der Waals surface area (Å²) in [5, 5.41) is 20.9. The van der Waals surface area contributed by atoms with Gasteiger partial charge in [-0.05, 0) is 38.5 Å². The molecule has 0 aromatic rings. The highest BCUT2D eigenvalue weighted by Gasteiger charge is 2.23.